The standard InChI is InChI=1S/C16H22N2O2/c1-11-2-6-13(7-3-11)20-14-8-9-16(10-14,15(17)19)18-12-4-5-12/h2-3,6-7,12,14,18H,4-5,8-10H2,1H3,(H2,17,19). The molecule has 4 heteroatoms. The van der Waals surface area contributed by atoms with Gasteiger partial charge in [0, 0.05) is 12.5 Å². The maximum atomic E-state index is 11.8. The second-order valence-corrected chi connectivity index (χ2v) is 6.16. The highest BCUT2D eigenvalue weighted by atomic mass is 16.5. The van der Waals surface area contributed by atoms with Crippen molar-refractivity contribution in [2.45, 2.75) is 56.7 Å². The second kappa shape index (κ2) is 5.09. The highest BCUT2D eigenvalue weighted by molar-refractivity contribution is 5.85. The van der Waals surface area contributed by atoms with E-state index in [0.717, 1.165) is 31.4 Å². The van der Waals surface area contributed by atoms with E-state index in [9.17, 15) is 4.79 Å². The van der Waals surface area contributed by atoms with Gasteiger partial charge in [-0.3, -0.25) is 4.79 Å². The van der Waals surface area contributed by atoms with Crippen LogP contribution in [-0.2, 0) is 4.79 Å². The fourth-order valence-electron chi connectivity index (χ4n) is 2.95. The van der Waals surface area contributed by atoms with Gasteiger partial charge in [-0.05, 0) is 44.7 Å². The lowest BCUT2D eigenvalue weighted by Crippen LogP contribution is -2.55. The number of benzene rings is 1. The van der Waals surface area contributed by atoms with Gasteiger partial charge >= 0.3 is 0 Å². The van der Waals surface area contributed by atoms with Gasteiger partial charge in [0.1, 0.15) is 17.4 Å². The number of primary amides is 1. The quantitative estimate of drug-likeness (QED) is 0.862. The first-order valence-corrected chi connectivity index (χ1v) is 7.38. The van der Waals surface area contributed by atoms with E-state index in [1.807, 2.05) is 24.3 Å². The van der Waals surface area contributed by atoms with E-state index in [-0.39, 0.29) is 12.0 Å². The Morgan fingerprint density at radius 2 is 2.00 bits per heavy atom. The van der Waals surface area contributed by atoms with Gasteiger partial charge in [-0.2, -0.15) is 0 Å². The third-order valence-electron chi connectivity index (χ3n) is 4.32. The van der Waals surface area contributed by atoms with Crippen LogP contribution in [0, 0.1) is 6.92 Å². The summed E-state index contributed by atoms with van der Waals surface area (Å²) in [5, 5.41) is 3.44. The van der Waals surface area contributed by atoms with E-state index in [1.54, 1.807) is 0 Å². The average Bonchev–Trinajstić information content (AvgIpc) is 3.12. The Morgan fingerprint density at radius 1 is 1.30 bits per heavy atom. The maximum Gasteiger partial charge on any atom is 0.237 e. The average molecular weight is 274 g/mol. The Morgan fingerprint density at radius 3 is 2.60 bits per heavy atom. The van der Waals surface area contributed by atoms with Gasteiger partial charge in [-0.15, -0.1) is 0 Å². The third kappa shape index (κ3) is 2.80. The Balaban J connectivity index is 1.65. The minimum atomic E-state index is -0.559. The topological polar surface area (TPSA) is 64.3 Å². The molecule has 0 radical (unpaired) electrons. The molecule has 2 fully saturated rings. The van der Waals surface area contributed by atoms with Crippen LogP contribution in [0.3, 0.4) is 0 Å². The number of aryl methyl sites for hydroxylation is 1. The molecule has 2 unspecified atom stereocenters. The van der Waals surface area contributed by atoms with Crippen molar-refractivity contribution in [1.29, 1.82) is 0 Å². The first kappa shape index (κ1) is 13.4. The highest BCUT2D eigenvalue weighted by Gasteiger charge is 2.47. The summed E-state index contributed by atoms with van der Waals surface area (Å²) in [6.07, 6.45) is 4.69. The predicted molar refractivity (Wildman–Crippen MR) is 77.5 cm³/mol. The van der Waals surface area contributed by atoms with Crippen LogP contribution in [0.1, 0.15) is 37.7 Å². The molecule has 0 heterocycles. The minimum absolute atomic E-state index is 0.0662. The van der Waals surface area contributed by atoms with Gasteiger partial charge in [0.2, 0.25) is 5.91 Å². The molecule has 0 bridgehead atoms. The molecule has 0 spiro atoms. The Hall–Kier alpha value is -1.55. The van der Waals surface area contributed by atoms with Gasteiger partial charge in [-0.25, -0.2) is 0 Å². The second-order valence-electron chi connectivity index (χ2n) is 6.16. The molecule has 2 aliphatic carbocycles. The Kier molecular flexibility index (Phi) is 3.42. The summed E-state index contributed by atoms with van der Waals surface area (Å²) in [5.41, 5.74) is 6.28. The van der Waals surface area contributed by atoms with Crippen LogP contribution in [-0.4, -0.2) is 23.6 Å². The number of ether oxygens (including phenoxy) is 1. The number of nitrogens with two attached hydrogens (primary N) is 1. The van der Waals surface area contributed by atoms with Crippen molar-refractivity contribution in [2.24, 2.45) is 5.73 Å². The van der Waals surface area contributed by atoms with Crippen LogP contribution in [0.4, 0.5) is 0 Å². The number of rotatable bonds is 5. The molecule has 1 aromatic carbocycles. The van der Waals surface area contributed by atoms with Crippen LogP contribution in [0.15, 0.2) is 24.3 Å². The Bertz CT molecular complexity index is 496. The molecule has 1 amide bonds. The van der Waals surface area contributed by atoms with Gasteiger partial charge < -0.3 is 15.8 Å². The summed E-state index contributed by atoms with van der Waals surface area (Å²) < 4.78 is 5.99. The molecule has 1 aromatic rings. The molecule has 3 rings (SSSR count). The first-order valence-electron chi connectivity index (χ1n) is 7.38. The lowest BCUT2D eigenvalue weighted by Gasteiger charge is -2.27. The first-order chi connectivity index (χ1) is 9.57. The van der Waals surface area contributed by atoms with E-state index in [1.165, 1.54) is 5.56 Å². The number of hydrogen-bond acceptors (Lipinski definition) is 3. The van der Waals surface area contributed by atoms with E-state index in [0.29, 0.717) is 12.5 Å². The SMILES string of the molecule is Cc1ccc(OC2CCC(NC3CC3)(C(N)=O)C2)cc1. The van der Waals surface area contributed by atoms with Gasteiger partial charge in [0.25, 0.3) is 0 Å². The van der Waals surface area contributed by atoms with Gasteiger partial charge in [0.15, 0.2) is 0 Å². The van der Waals surface area contributed by atoms with Crippen LogP contribution in [0.5, 0.6) is 5.75 Å². The smallest absolute Gasteiger partial charge is 0.237 e. The molecule has 0 aliphatic heterocycles. The lowest BCUT2D eigenvalue weighted by molar-refractivity contribution is -0.124. The van der Waals surface area contributed by atoms with E-state index in [4.69, 9.17) is 10.5 Å². The number of carbonyl (C=O) groups excluding carboxylic acids is 1. The summed E-state index contributed by atoms with van der Waals surface area (Å²) in [7, 11) is 0. The lowest BCUT2D eigenvalue weighted by atomic mass is 9.96. The molecule has 0 aromatic heterocycles. The molecule has 20 heavy (non-hydrogen) atoms. The van der Waals surface area contributed by atoms with Crippen LogP contribution < -0.4 is 15.8 Å². The Labute approximate surface area is 119 Å². The molecule has 2 aliphatic rings. The zero-order chi connectivity index (χ0) is 14.2. The summed E-state index contributed by atoms with van der Waals surface area (Å²) in [4.78, 5) is 11.8. The van der Waals surface area contributed by atoms with Crippen LogP contribution >= 0.6 is 0 Å². The number of amides is 1. The largest absolute Gasteiger partial charge is 0.490 e. The fourth-order valence-corrected chi connectivity index (χ4v) is 2.95. The van der Waals surface area contributed by atoms with Crippen molar-refractivity contribution in [2.75, 3.05) is 0 Å². The number of hydrogen-bond donors (Lipinski definition) is 2. The van der Waals surface area contributed by atoms with Crippen molar-refractivity contribution in [3.63, 3.8) is 0 Å². The zero-order valence-corrected chi connectivity index (χ0v) is 11.9. The summed E-state index contributed by atoms with van der Waals surface area (Å²) in [6.45, 7) is 2.05. The third-order valence-corrected chi connectivity index (χ3v) is 4.32. The number of nitrogens with one attached hydrogen (secondary N) is 1. The molecular formula is C16H22N2O2. The van der Waals surface area contributed by atoms with Crippen molar-refractivity contribution in [1.82, 2.24) is 5.32 Å². The normalized spacial score (nSPS) is 29.4. The molecule has 108 valence electrons. The van der Waals surface area contributed by atoms with Gasteiger partial charge in [-0.1, -0.05) is 17.7 Å². The van der Waals surface area contributed by atoms with Crippen molar-refractivity contribution in [3.05, 3.63) is 29.8 Å². The monoisotopic (exact) mass is 274 g/mol. The minimum Gasteiger partial charge on any atom is -0.490 e. The summed E-state index contributed by atoms with van der Waals surface area (Å²) in [6, 6.07) is 8.50. The summed E-state index contributed by atoms with van der Waals surface area (Å²) in [5.74, 6) is 0.631. The van der Waals surface area contributed by atoms with Gasteiger partial charge in [0.05, 0.1) is 0 Å². The zero-order valence-electron chi connectivity index (χ0n) is 11.9. The van der Waals surface area contributed by atoms with Crippen molar-refractivity contribution >= 4 is 5.91 Å². The molecule has 4 nitrogen and oxygen atoms in total. The number of carbonyl (C=O) groups is 1. The van der Waals surface area contributed by atoms with E-state index < -0.39 is 5.54 Å². The molecule has 0 saturated heterocycles. The molecule has 3 N–H and O–H groups in total. The molecule has 2 atom stereocenters. The summed E-state index contributed by atoms with van der Waals surface area (Å²) >= 11 is 0. The highest BCUT2D eigenvalue weighted by Crippen LogP contribution is 2.35. The van der Waals surface area contributed by atoms with E-state index in [2.05, 4.69) is 12.2 Å². The van der Waals surface area contributed by atoms with Crippen molar-refractivity contribution in [3.8, 4) is 5.75 Å². The molecule has 2 saturated carbocycles. The van der Waals surface area contributed by atoms with Crippen molar-refractivity contribution < 1.29 is 9.53 Å². The van der Waals surface area contributed by atoms with Crippen LogP contribution in [0.25, 0.3) is 0 Å². The maximum absolute atomic E-state index is 11.8. The molecular weight excluding hydrogens is 252 g/mol. The fraction of sp³-hybridized carbons (Fsp3) is 0.562. The van der Waals surface area contributed by atoms with E-state index >= 15 is 0 Å². The predicted octanol–water partition coefficient (Wildman–Crippen LogP) is 1.90. The van der Waals surface area contributed by atoms with Crippen LogP contribution in [0.2, 0.25) is 0 Å².